The Kier molecular flexibility index (Phi) is 8.00. The third kappa shape index (κ3) is 3.66. The number of rotatable bonds is 0. The molecular formula is C12H13Cl2Zr. The molecule has 79 valence electrons. The third-order valence-corrected chi connectivity index (χ3v) is 2.32. The molecular weight excluding hydrogens is 306 g/mol. The van der Waals surface area contributed by atoms with Crippen LogP contribution in [0.15, 0.2) is 24.3 Å². The van der Waals surface area contributed by atoms with Gasteiger partial charge in [0.1, 0.15) is 0 Å². The molecule has 0 aromatic heterocycles. The molecule has 0 aliphatic rings. The van der Waals surface area contributed by atoms with Crippen LogP contribution in [0.5, 0.6) is 0 Å². The van der Waals surface area contributed by atoms with Crippen LogP contribution in [0, 0.1) is 20.8 Å². The average Bonchev–Trinajstić information content (AvgIpc) is 2.29. The van der Waals surface area contributed by atoms with Gasteiger partial charge in [0.25, 0.3) is 0 Å². The van der Waals surface area contributed by atoms with Crippen molar-refractivity contribution >= 4 is 10.8 Å². The van der Waals surface area contributed by atoms with Gasteiger partial charge in [-0.3, -0.25) is 0 Å². The van der Waals surface area contributed by atoms with Crippen LogP contribution in [-0.4, -0.2) is 0 Å². The minimum atomic E-state index is 0. The first kappa shape index (κ1) is 17.7. The summed E-state index contributed by atoms with van der Waals surface area (Å²) in [6.45, 7) is 6.47. The van der Waals surface area contributed by atoms with Crippen LogP contribution in [0.1, 0.15) is 16.7 Å². The smallest absolute Gasteiger partial charge is 1.00 e. The van der Waals surface area contributed by atoms with Gasteiger partial charge in [0, 0.05) is 0 Å². The molecule has 1 radical (unpaired) electrons. The molecule has 0 aliphatic heterocycles. The van der Waals surface area contributed by atoms with E-state index in [1.54, 1.807) is 0 Å². The normalized spacial score (nSPS) is 8.73. The molecule has 0 nitrogen and oxygen atoms in total. The van der Waals surface area contributed by atoms with E-state index < -0.39 is 0 Å². The van der Waals surface area contributed by atoms with Gasteiger partial charge in [0.2, 0.25) is 0 Å². The van der Waals surface area contributed by atoms with Crippen molar-refractivity contribution in [3.8, 4) is 0 Å². The van der Waals surface area contributed by atoms with Crippen molar-refractivity contribution in [1.82, 2.24) is 0 Å². The van der Waals surface area contributed by atoms with Crippen LogP contribution in [0.2, 0.25) is 0 Å². The second-order valence-corrected chi connectivity index (χ2v) is 3.62. The standard InChI is InChI=1S/C12H13.2ClH.Zr/c1-8-4-10(3)12-7-9(2)6-11(12)5-8;;;/h4-7H,1-3H3;2*1H;/q-1;;;+3/p-2. The molecule has 15 heavy (non-hydrogen) atoms. The van der Waals surface area contributed by atoms with E-state index in [4.69, 9.17) is 0 Å². The van der Waals surface area contributed by atoms with Crippen LogP contribution in [0.25, 0.3) is 10.8 Å². The van der Waals surface area contributed by atoms with E-state index in [1.807, 2.05) is 0 Å². The fraction of sp³-hybridized carbons (Fsp3) is 0.250. The zero-order valence-electron chi connectivity index (χ0n) is 9.07. The topological polar surface area (TPSA) is 0 Å². The molecule has 3 heteroatoms. The maximum atomic E-state index is 2.25. The van der Waals surface area contributed by atoms with Crippen molar-refractivity contribution < 1.29 is 51.0 Å². The first-order valence-electron chi connectivity index (χ1n) is 4.31. The summed E-state index contributed by atoms with van der Waals surface area (Å²) in [4.78, 5) is 0. The summed E-state index contributed by atoms with van der Waals surface area (Å²) in [6, 6.07) is 8.98. The molecule has 0 heterocycles. The van der Waals surface area contributed by atoms with Gasteiger partial charge < -0.3 is 24.8 Å². The maximum Gasteiger partial charge on any atom is 3.00 e. The number of benzene rings is 1. The van der Waals surface area contributed by atoms with Gasteiger partial charge in [-0.15, -0.1) is 28.5 Å². The SMILES string of the molecule is Cc1cc(C)c2cc(C)[cH-]c2c1.[Cl-].[Cl-].[Zr+3]. The van der Waals surface area contributed by atoms with E-state index >= 15 is 0 Å². The van der Waals surface area contributed by atoms with Crippen LogP contribution in [0.4, 0.5) is 0 Å². The van der Waals surface area contributed by atoms with E-state index in [2.05, 4.69) is 45.0 Å². The first-order chi connectivity index (χ1) is 5.66. The molecule has 2 rings (SSSR count). The van der Waals surface area contributed by atoms with Crippen molar-refractivity contribution in [2.75, 3.05) is 0 Å². The minimum absolute atomic E-state index is 0. The van der Waals surface area contributed by atoms with Crippen LogP contribution in [-0.2, 0) is 26.2 Å². The summed E-state index contributed by atoms with van der Waals surface area (Å²) in [7, 11) is 0. The summed E-state index contributed by atoms with van der Waals surface area (Å²) in [5, 5.41) is 2.78. The molecule has 2 aromatic rings. The summed E-state index contributed by atoms with van der Waals surface area (Å²) in [6.07, 6.45) is 0. The number of fused-ring (bicyclic) bond motifs is 1. The van der Waals surface area contributed by atoms with Gasteiger partial charge in [-0.2, -0.15) is 6.07 Å². The number of halogens is 2. The molecule has 0 unspecified atom stereocenters. The van der Waals surface area contributed by atoms with Gasteiger partial charge in [-0.05, 0) is 13.8 Å². The van der Waals surface area contributed by atoms with E-state index in [0.717, 1.165) is 0 Å². The fourth-order valence-corrected chi connectivity index (χ4v) is 1.84. The Labute approximate surface area is 123 Å². The Bertz CT molecular complexity index is 432. The molecule has 0 bridgehead atoms. The van der Waals surface area contributed by atoms with Crippen LogP contribution < -0.4 is 24.8 Å². The zero-order chi connectivity index (χ0) is 8.72. The van der Waals surface area contributed by atoms with Crippen molar-refractivity contribution in [3.63, 3.8) is 0 Å². The molecule has 0 saturated carbocycles. The molecule has 0 aliphatic carbocycles. The summed E-state index contributed by atoms with van der Waals surface area (Å²) < 4.78 is 0. The Hall–Kier alpha value is 0.293. The maximum absolute atomic E-state index is 2.25. The summed E-state index contributed by atoms with van der Waals surface area (Å²) >= 11 is 0. The third-order valence-electron chi connectivity index (χ3n) is 2.32. The predicted octanol–water partition coefficient (Wildman–Crippen LogP) is -2.51. The van der Waals surface area contributed by atoms with Gasteiger partial charge in [-0.1, -0.05) is 24.1 Å². The molecule has 2 aromatic carbocycles. The van der Waals surface area contributed by atoms with E-state index in [0.29, 0.717) is 0 Å². The second-order valence-electron chi connectivity index (χ2n) is 3.62. The number of aryl methyl sites for hydroxylation is 3. The van der Waals surface area contributed by atoms with Crippen molar-refractivity contribution in [1.29, 1.82) is 0 Å². The van der Waals surface area contributed by atoms with Gasteiger partial charge in [0.15, 0.2) is 0 Å². The summed E-state index contributed by atoms with van der Waals surface area (Å²) in [5.41, 5.74) is 4.10. The van der Waals surface area contributed by atoms with Gasteiger partial charge in [-0.25, -0.2) is 0 Å². The van der Waals surface area contributed by atoms with Crippen molar-refractivity contribution in [2.45, 2.75) is 20.8 Å². The van der Waals surface area contributed by atoms with E-state index in [-0.39, 0.29) is 51.0 Å². The van der Waals surface area contributed by atoms with Crippen molar-refractivity contribution in [2.24, 2.45) is 0 Å². The van der Waals surface area contributed by atoms with Crippen LogP contribution >= 0.6 is 0 Å². The number of hydrogen-bond donors (Lipinski definition) is 0. The second kappa shape index (κ2) is 6.79. The Morgan fingerprint density at radius 1 is 0.933 bits per heavy atom. The minimum Gasteiger partial charge on any atom is -1.00 e. The van der Waals surface area contributed by atoms with E-state index in [1.165, 1.54) is 27.5 Å². The first-order valence-corrected chi connectivity index (χ1v) is 4.31. The predicted molar refractivity (Wildman–Crippen MR) is 53.8 cm³/mol. The molecule has 0 atom stereocenters. The summed E-state index contributed by atoms with van der Waals surface area (Å²) in [5.74, 6) is 0. The molecule has 0 saturated heterocycles. The molecule has 0 amide bonds. The Morgan fingerprint density at radius 2 is 1.53 bits per heavy atom. The number of hydrogen-bond acceptors (Lipinski definition) is 0. The molecule has 0 fully saturated rings. The quantitative estimate of drug-likeness (QED) is 0.471. The van der Waals surface area contributed by atoms with Gasteiger partial charge >= 0.3 is 26.2 Å². The van der Waals surface area contributed by atoms with Crippen LogP contribution in [0.3, 0.4) is 0 Å². The molecule has 0 N–H and O–H groups in total. The zero-order valence-corrected chi connectivity index (χ0v) is 13.0. The molecule has 0 spiro atoms. The van der Waals surface area contributed by atoms with E-state index in [9.17, 15) is 0 Å². The average molecular weight is 319 g/mol. The monoisotopic (exact) mass is 317 g/mol. The Morgan fingerprint density at radius 3 is 2.13 bits per heavy atom. The van der Waals surface area contributed by atoms with Crippen molar-refractivity contribution in [3.05, 3.63) is 41.0 Å². The fourth-order valence-electron chi connectivity index (χ4n) is 1.84. The Balaban J connectivity index is 0. The largest absolute Gasteiger partial charge is 3.00 e. The van der Waals surface area contributed by atoms with Gasteiger partial charge in [0.05, 0.1) is 0 Å².